The van der Waals surface area contributed by atoms with Crippen molar-refractivity contribution in [3.8, 4) is 0 Å². The number of ether oxygens (including phenoxy) is 1. The van der Waals surface area contributed by atoms with Crippen LogP contribution in [-0.4, -0.2) is 27.2 Å². The highest BCUT2D eigenvalue weighted by Crippen LogP contribution is 2.36. The molecule has 6 heteroatoms. The first-order valence-corrected chi connectivity index (χ1v) is 6.68. The molecule has 17 heavy (non-hydrogen) atoms. The van der Waals surface area contributed by atoms with Gasteiger partial charge in [0.2, 0.25) is 0 Å². The van der Waals surface area contributed by atoms with Crippen molar-refractivity contribution >= 4 is 15.8 Å². The minimum absolute atomic E-state index is 0.130. The Bertz CT molecular complexity index is 589. The van der Waals surface area contributed by atoms with E-state index in [-0.39, 0.29) is 16.2 Å². The van der Waals surface area contributed by atoms with Crippen LogP contribution in [0.1, 0.15) is 22.8 Å². The summed E-state index contributed by atoms with van der Waals surface area (Å²) in [7, 11) is -2.16. The third-order valence-electron chi connectivity index (χ3n) is 2.84. The molecule has 0 bridgehead atoms. The molecule has 0 radical (unpaired) electrons. The number of methoxy groups -OCH3 is 1. The number of hydrogen-bond acceptors (Lipinski definition) is 5. The van der Waals surface area contributed by atoms with Crippen LogP contribution in [0.15, 0.2) is 23.1 Å². The molecule has 2 rings (SSSR count). The highest BCUT2D eigenvalue weighted by Gasteiger charge is 2.41. The zero-order chi connectivity index (χ0) is 12.8. The van der Waals surface area contributed by atoms with Crippen molar-refractivity contribution in [3.63, 3.8) is 0 Å². The summed E-state index contributed by atoms with van der Waals surface area (Å²) in [6, 6.07) is 4.43. The largest absolute Gasteiger partial charge is 0.465 e. The maximum Gasteiger partial charge on any atom is 0.337 e. The zero-order valence-electron chi connectivity index (χ0n) is 9.56. The van der Waals surface area contributed by atoms with Gasteiger partial charge >= 0.3 is 5.97 Å². The Morgan fingerprint density at radius 1 is 1.47 bits per heavy atom. The minimum atomic E-state index is -3.41. The Morgan fingerprint density at radius 3 is 2.71 bits per heavy atom. The van der Waals surface area contributed by atoms with E-state index in [0.29, 0.717) is 5.56 Å². The Hall–Kier alpha value is -1.40. The van der Waals surface area contributed by atoms with Crippen molar-refractivity contribution < 1.29 is 17.9 Å². The van der Waals surface area contributed by atoms with Crippen molar-refractivity contribution in [1.29, 1.82) is 0 Å². The molecule has 1 unspecified atom stereocenters. The van der Waals surface area contributed by atoms with Gasteiger partial charge in [0.25, 0.3) is 0 Å². The summed E-state index contributed by atoms with van der Waals surface area (Å²) in [4.78, 5) is 11.5. The van der Waals surface area contributed by atoms with Gasteiger partial charge in [-0.25, -0.2) is 13.2 Å². The Morgan fingerprint density at radius 2 is 2.12 bits per heavy atom. The summed E-state index contributed by atoms with van der Waals surface area (Å²) in [6.07, 6.45) is 0. The maximum atomic E-state index is 11.9. The molecule has 1 atom stereocenters. The van der Waals surface area contributed by atoms with E-state index in [2.05, 4.69) is 4.74 Å². The average molecular weight is 255 g/mol. The molecular weight excluding hydrogens is 242 g/mol. The Balaban J connectivity index is 2.65. The van der Waals surface area contributed by atoms with E-state index >= 15 is 0 Å². The average Bonchev–Trinajstić information content (AvgIpc) is 2.43. The fourth-order valence-corrected chi connectivity index (χ4v) is 4.09. The van der Waals surface area contributed by atoms with Crippen molar-refractivity contribution in [2.75, 3.05) is 12.9 Å². The van der Waals surface area contributed by atoms with E-state index in [4.69, 9.17) is 5.73 Å². The molecule has 92 valence electrons. The van der Waals surface area contributed by atoms with Crippen LogP contribution < -0.4 is 5.73 Å². The van der Waals surface area contributed by atoms with Crippen molar-refractivity contribution in [2.24, 2.45) is 5.73 Å². The monoisotopic (exact) mass is 255 g/mol. The molecule has 0 aliphatic carbocycles. The van der Waals surface area contributed by atoms with Gasteiger partial charge in [-0.2, -0.15) is 0 Å². The Labute approximate surface area is 99.5 Å². The van der Waals surface area contributed by atoms with Gasteiger partial charge in [0.15, 0.2) is 9.84 Å². The lowest BCUT2D eigenvalue weighted by Crippen LogP contribution is -2.34. The quantitative estimate of drug-likeness (QED) is 0.735. The van der Waals surface area contributed by atoms with E-state index < -0.39 is 21.3 Å². The van der Waals surface area contributed by atoms with Crippen LogP contribution >= 0.6 is 0 Å². The summed E-state index contributed by atoms with van der Waals surface area (Å²) >= 11 is 0. The van der Waals surface area contributed by atoms with E-state index in [9.17, 15) is 13.2 Å². The van der Waals surface area contributed by atoms with Crippen LogP contribution in [0.3, 0.4) is 0 Å². The molecule has 1 heterocycles. The van der Waals surface area contributed by atoms with E-state index in [1.54, 1.807) is 13.0 Å². The van der Waals surface area contributed by atoms with Crippen LogP contribution in [0.5, 0.6) is 0 Å². The SMILES string of the molecule is COC(=O)c1ccc2c(c1)S(=O)(=O)CC2(C)N. The predicted octanol–water partition coefficient (Wildman–Crippen LogP) is 0.434. The van der Waals surface area contributed by atoms with E-state index in [1.807, 2.05) is 0 Å². The van der Waals surface area contributed by atoms with Crippen molar-refractivity contribution in [3.05, 3.63) is 29.3 Å². The van der Waals surface area contributed by atoms with Crippen LogP contribution in [0.25, 0.3) is 0 Å². The predicted molar refractivity (Wildman–Crippen MR) is 61.4 cm³/mol. The minimum Gasteiger partial charge on any atom is -0.465 e. The van der Waals surface area contributed by atoms with Gasteiger partial charge in [0.1, 0.15) is 0 Å². The van der Waals surface area contributed by atoms with Gasteiger partial charge in [-0.3, -0.25) is 0 Å². The van der Waals surface area contributed by atoms with Gasteiger partial charge in [-0.1, -0.05) is 6.07 Å². The molecule has 0 aromatic heterocycles. The smallest absolute Gasteiger partial charge is 0.337 e. The molecule has 1 aromatic rings. The molecule has 2 N–H and O–H groups in total. The third kappa shape index (κ3) is 1.83. The lowest BCUT2D eigenvalue weighted by atomic mass is 9.95. The summed E-state index contributed by atoms with van der Waals surface area (Å²) in [5.41, 5.74) is 5.79. The first kappa shape index (κ1) is 12.1. The molecule has 0 amide bonds. The summed E-state index contributed by atoms with van der Waals surface area (Å²) in [5.74, 6) is -0.700. The lowest BCUT2D eigenvalue weighted by Gasteiger charge is -2.16. The number of hydrogen-bond donors (Lipinski definition) is 1. The summed E-state index contributed by atoms with van der Waals surface area (Å²) < 4.78 is 28.4. The molecule has 0 fully saturated rings. The molecule has 5 nitrogen and oxygen atoms in total. The van der Waals surface area contributed by atoms with Crippen LogP contribution in [0.2, 0.25) is 0 Å². The molecule has 0 saturated heterocycles. The zero-order valence-corrected chi connectivity index (χ0v) is 10.4. The molecule has 0 saturated carbocycles. The number of benzene rings is 1. The number of sulfone groups is 1. The number of rotatable bonds is 1. The lowest BCUT2D eigenvalue weighted by molar-refractivity contribution is 0.0600. The highest BCUT2D eigenvalue weighted by atomic mass is 32.2. The number of fused-ring (bicyclic) bond motifs is 1. The molecule has 0 spiro atoms. The van der Waals surface area contributed by atoms with Crippen molar-refractivity contribution in [2.45, 2.75) is 17.4 Å². The molecule has 1 aromatic carbocycles. The fraction of sp³-hybridized carbons (Fsp3) is 0.364. The molecule has 1 aliphatic heterocycles. The topological polar surface area (TPSA) is 86.5 Å². The second-order valence-electron chi connectivity index (χ2n) is 4.38. The molecule has 1 aliphatic rings. The Kier molecular flexibility index (Phi) is 2.52. The highest BCUT2D eigenvalue weighted by molar-refractivity contribution is 7.91. The standard InChI is InChI=1S/C11H13NO4S/c1-11(12)6-17(14,15)9-5-7(10(13)16-2)3-4-8(9)11/h3-5H,6,12H2,1-2H3. The fourth-order valence-electron chi connectivity index (χ4n) is 2.05. The maximum absolute atomic E-state index is 11.9. The second kappa shape index (κ2) is 3.54. The first-order chi connectivity index (χ1) is 7.78. The first-order valence-electron chi connectivity index (χ1n) is 5.02. The summed E-state index contributed by atoms with van der Waals surface area (Å²) in [5, 5.41) is 0. The number of esters is 1. The van der Waals surface area contributed by atoms with Gasteiger partial charge in [0, 0.05) is 0 Å². The van der Waals surface area contributed by atoms with Crippen LogP contribution in [0.4, 0.5) is 0 Å². The van der Waals surface area contributed by atoms with Gasteiger partial charge < -0.3 is 10.5 Å². The van der Waals surface area contributed by atoms with E-state index in [1.165, 1.54) is 19.2 Å². The normalized spacial score (nSPS) is 25.4. The number of carbonyl (C=O) groups excluding carboxylic acids is 1. The van der Waals surface area contributed by atoms with Crippen LogP contribution in [-0.2, 0) is 20.1 Å². The molecular formula is C11H13NO4S. The van der Waals surface area contributed by atoms with Gasteiger partial charge in [0.05, 0.1) is 28.9 Å². The van der Waals surface area contributed by atoms with Crippen LogP contribution in [0, 0.1) is 0 Å². The van der Waals surface area contributed by atoms with Gasteiger partial charge in [-0.15, -0.1) is 0 Å². The summed E-state index contributed by atoms with van der Waals surface area (Å²) in [6.45, 7) is 1.66. The second-order valence-corrected chi connectivity index (χ2v) is 6.34. The number of nitrogens with two attached hydrogens (primary N) is 1. The van der Waals surface area contributed by atoms with E-state index in [0.717, 1.165) is 0 Å². The number of carbonyl (C=O) groups is 1. The van der Waals surface area contributed by atoms with Gasteiger partial charge in [-0.05, 0) is 24.6 Å². The third-order valence-corrected chi connectivity index (χ3v) is 4.83. The van der Waals surface area contributed by atoms with Crippen molar-refractivity contribution in [1.82, 2.24) is 0 Å².